The van der Waals surface area contributed by atoms with Gasteiger partial charge in [0.15, 0.2) is 0 Å². The van der Waals surface area contributed by atoms with Gasteiger partial charge in [-0.2, -0.15) is 8.78 Å². The third-order valence-electron chi connectivity index (χ3n) is 1.74. The van der Waals surface area contributed by atoms with E-state index in [1.54, 1.807) is 0 Å². The Labute approximate surface area is 94.4 Å². The Morgan fingerprint density at radius 2 is 2.00 bits per heavy atom. The van der Waals surface area contributed by atoms with Crippen LogP contribution in [0.1, 0.15) is 5.56 Å². The summed E-state index contributed by atoms with van der Waals surface area (Å²) in [4.78, 5) is 10.2. The molecule has 1 aromatic carbocycles. The molecule has 2 nitrogen and oxygen atoms in total. The van der Waals surface area contributed by atoms with Crippen molar-refractivity contribution >= 4 is 29.2 Å². The van der Waals surface area contributed by atoms with Crippen molar-refractivity contribution in [3.63, 3.8) is 0 Å². The first-order valence-electron chi connectivity index (χ1n) is 3.88. The Morgan fingerprint density at radius 1 is 1.40 bits per heavy atom. The van der Waals surface area contributed by atoms with E-state index in [1.165, 1.54) is 18.2 Å². The van der Waals surface area contributed by atoms with E-state index in [0.29, 0.717) is 5.02 Å². The molecule has 0 heterocycles. The zero-order valence-electron chi connectivity index (χ0n) is 7.31. The Bertz CT molecular complexity index is 394. The fourth-order valence-electron chi connectivity index (χ4n) is 0.980. The Morgan fingerprint density at radius 3 is 2.47 bits per heavy atom. The molecule has 0 aliphatic heterocycles. The number of benzene rings is 1. The Hall–Kier alpha value is -0.870. The van der Waals surface area contributed by atoms with E-state index < -0.39 is 18.3 Å². The quantitative estimate of drug-likeness (QED) is 0.899. The lowest BCUT2D eigenvalue weighted by molar-refractivity contribution is -0.164. The maximum Gasteiger partial charge on any atom is 0.374 e. The van der Waals surface area contributed by atoms with Gasteiger partial charge in [-0.1, -0.05) is 29.3 Å². The highest BCUT2D eigenvalue weighted by Gasteiger charge is 2.39. The third-order valence-corrected chi connectivity index (χ3v) is 2.33. The van der Waals surface area contributed by atoms with Crippen molar-refractivity contribution in [3.8, 4) is 0 Å². The number of halogens is 4. The van der Waals surface area contributed by atoms with Gasteiger partial charge in [0, 0.05) is 16.5 Å². The molecule has 0 aliphatic rings. The average Bonchev–Trinajstić information content (AvgIpc) is 2.09. The van der Waals surface area contributed by atoms with Crippen molar-refractivity contribution in [3.05, 3.63) is 33.8 Å². The molecule has 82 valence electrons. The van der Waals surface area contributed by atoms with Crippen molar-refractivity contribution in [1.29, 1.82) is 0 Å². The summed E-state index contributed by atoms with van der Waals surface area (Å²) in [7, 11) is 0. The van der Waals surface area contributed by atoms with E-state index in [4.69, 9.17) is 28.3 Å². The van der Waals surface area contributed by atoms with Crippen LogP contribution in [0.25, 0.3) is 0 Å². The molecular formula is C9H6Cl2F2O2. The smallest absolute Gasteiger partial charge is 0.374 e. The molecule has 0 atom stereocenters. The molecule has 0 aliphatic carbocycles. The molecule has 0 unspecified atom stereocenters. The molecule has 0 bridgehead atoms. The lowest BCUT2D eigenvalue weighted by atomic mass is 10.1. The first-order chi connectivity index (χ1) is 6.83. The fourth-order valence-corrected chi connectivity index (χ4v) is 1.46. The van der Waals surface area contributed by atoms with E-state index in [1.807, 2.05) is 0 Å². The molecule has 15 heavy (non-hydrogen) atoms. The van der Waals surface area contributed by atoms with Gasteiger partial charge < -0.3 is 5.11 Å². The van der Waals surface area contributed by atoms with Crippen LogP contribution in [-0.2, 0) is 11.2 Å². The number of carbonyl (C=O) groups is 1. The first kappa shape index (κ1) is 12.2. The van der Waals surface area contributed by atoms with Crippen molar-refractivity contribution in [1.82, 2.24) is 0 Å². The molecule has 0 fully saturated rings. The molecule has 0 radical (unpaired) electrons. The van der Waals surface area contributed by atoms with Crippen molar-refractivity contribution < 1.29 is 18.7 Å². The van der Waals surface area contributed by atoms with E-state index in [0.717, 1.165) is 0 Å². The number of alkyl halides is 2. The topological polar surface area (TPSA) is 37.3 Å². The van der Waals surface area contributed by atoms with Gasteiger partial charge >= 0.3 is 11.9 Å². The third kappa shape index (κ3) is 3.04. The molecule has 6 heteroatoms. The summed E-state index contributed by atoms with van der Waals surface area (Å²) in [5.74, 6) is -5.99. The summed E-state index contributed by atoms with van der Waals surface area (Å²) in [5.41, 5.74) is 0.0495. The molecule has 0 aromatic heterocycles. The average molecular weight is 255 g/mol. The molecule has 1 rings (SSSR count). The normalized spacial score (nSPS) is 11.5. The van der Waals surface area contributed by atoms with Crippen LogP contribution in [0.4, 0.5) is 8.78 Å². The van der Waals surface area contributed by atoms with Crippen molar-refractivity contribution in [2.45, 2.75) is 12.3 Å². The van der Waals surface area contributed by atoms with Crippen LogP contribution in [0.2, 0.25) is 10.0 Å². The van der Waals surface area contributed by atoms with Gasteiger partial charge in [0.25, 0.3) is 0 Å². The van der Waals surface area contributed by atoms with Crippen LogP contribution in [0.5, 0.6) is 0 Å². The number of carboxylic acids is 1. The van der Waals surface area contributed by atoms with Crippen LogP contribution in [0.3, 0.4) is 0 Å². The molecule has 0 saturated carbocycles. The van der Waals surface area contributed by atoms with E-state index in [-0.39, 0.29) is 10.6 Å². The monoisotopic (exact) mass is 254 g/mol. The number of hydrogen-bond acceptors (Lipinski definition) is 1. The molecule has 0 saturated heterocycles. The second-order valence-corrected chi connectivity index (χ2v) is 3.77. The maximum atomic E-state index is 12.8. The summed E-state index contributed by atoms with van der Waals surface area (Å²) < 4.78 is 25.6. The van der Waals surface area contributed by atoms with Crippen LogP contribution in [-0.4, -0.2) is 17.0 Å². The molecule has 0 amide bonds. The number of hydrogen-bond donors (Lipinski definition) is 1. The van der Waals surface area contributed by atoms with E-state index in [9.17, 15) is 13.6 Å². The minimum absolute atomic E-state index is 0.0309. The van der Waals surface area contributed by atoms with Crippen molar-refractivity contribution in [2.75, 3.05) is 0 Å². The summed E-state index contributed by atoms with van der Waals surface area (Å²) in [6, 6.07) is 3.94. The van der Waals surface area contributed by atoms with Gasteiger partial charge in [-0.25, -0.2) is 4.79 Å². The van der Waals surface area contributed by atoms with Crippen molar-refractivity contribution in [2.24, 2.45) is 0 Å². The summed E-state index contributed by atoms with van der Waals surface area (Å²) in [5, 5.41) is 8.57. The van der Waals surface area contributed by atoms with Gasteiger partial charge in [0.05, 0.1) is 0 Å². The predicted octanol–water partition coefficient (Wildman–Crippen LogP) is 3.26. The number of aliphatic carboxylic acids is 1. The molecular weight excluding hydrogens is 249 g/mol. The molecule has 0 spiro atoms. The van der Waals surface area contributed by atoms with E-state index >= 15 is 0 Å². The summed E-state index contributed by atoms with van der Waals surface area (Å²) in [6.45, 7) is 0. The van der Waals surface area contributed by atoms with Gasteiger partial charge in [-0.05, 0) is 17.7 Å². The van der Waals surface area contributed by atoms with Crippen LogP contribution < -0.4 is 0 Å². The Balaban J connectivity index is 2.95. The second-order valence-electron chi connectivity index (χ2n) is 2.92. The minimum atomic E-state index is -3.82. The maximum absolute atomic E-state index is 12.8. The van der Waals surface area contributed by atoms with E-state index in [2.05, 4.69) is 0 Å². The highest BCUT2D eigenvalue weighted by molar-refractivity contribution is 6.35. The minimum Gasteiger partial charge on any atom is -0.477 e. The first-order valence-corrected chi connectivity index (χ1v) is 4.63. The number of carboxylic acid groups (broad SMARTS) is 1. The van der Waals surface area contributed by atoms with Gasteiger partial charge in [0.2, 0.25) is 0 Å². The lowest BCUT2D eigenvalue weighted by Gasteiger charge is -2.12. The largest absolute Gasteiger partial charge is 0.477 e. The van der Waals surface area contributed by atoms with Crippen LogP contribution in [0.15, 0.2) is 18.2 Å². The zero-order valence-corrected chi connectivity index (χ0v) is 8.82. The number of rotatable bonds is 3. The lowest BCUT2D eigenvalue weighted by Crippen LogP contribution is -2.30. The standard InChI is InChI=1S/C9H6Cl2F2O2/c10-6-2-1-5(7(11)3-6)4-9(12,13)8(14)15/h1-3H,4H2,(H,14,15). The fraction of sp³-hybridized carbons (Fsp3) is 0.222. The second kappa shape index (κ2) is 4.33. The SMILES string of the molecule is O=C(O)C(F)(F)Cc1ccc(Cl)cc1Cl. The van der Waals surface area contributed by atoms with Gasteiger partial charge in [-0.3, -0.25) is 0 Å². The summed E-state index contributed by atoms with van der Waals surface area (Å²) >= 11 is 11.2. The predicted molar refractivity (Wildman–Crippen MR) is 52.7 cm³/mol. The summed E-state index contributed by atoms with van der Waals surface area (Å²) in [6.07, 6.45) is -0.946. The zero-order chi connectivity index (χ0) is 11.6. The van der Waals surface area contributed by atoms with Gasteiger partial charge in [-0.15, -0.1) is 0 Å². The highest BCUT2D eigenvalue weighted by Crippen LogP contribution is 2.27. The van der Waals surface area contributed by atoms with Crippen LogP contribution in [0, 0.1) is 0 Å². The van der Waals surface area contributed by atoms with Gasteiger partial charge in [0.1, 0.15) is 0 Å². The molecule has 1 aromatic rings. The van der Waals surface area contributed by atoms with Crippen LogP contribution >= 0.6 is 23.2 Å². The molecule has 1 N–H and O–H groups in total. The highest BCUT2D eigenvalue weighted by atomic mass is 35.5. The Kier molecular flexibility index (Phi) is 3.52.